The fourth-order valence-electron chi connectivity index (χ4n) is 0.550. The smallest absolute Gasteiger partial charge is 0.264 e. The fourth-order valence-corrected chi connectivity index (χ4v) is 0.550. The number of hydrogen-bond acceptors (Lipinski definition) is 6. The van der Waals surface area contributed by atoms with E-state index in [0.29, 0.717) is 0 Å². The molecule has 0 aliphatic heterocycles. The van der Waals surface area contributed by atoms with Gasteiger partial charge in [0.2, 0.25) is 0 Å². The SMILES string of the molecule is N#N.O=S(=O)(O)O.O=[N+]([O-])c1ccccc1. The van der Waals surface area contributed by atoms with Crippen LogP contribution in [0, 0.1) is 20.9 Å². The van der Waals surface area contributed by atoms with Crippen molar-refractivity contribution in [3.63, 3.8) is 0 Å². The van der Waals surface area contributed by atoms with Crippen LogP contribution in [0.4, 0.5) is 5.69 Å². The van der Waals surface area contributed by atoms with Crippen LogP contribution < -0.4 is 0 Å². The minimum atomic E-state index is -4.67. The van der Waals surface area contributed by atoms with E-state index in [1.165, 1.54) is 12.1 Å². The van der Waals surface area contributed by atoms with E-state index in [1.54, 1.807) is 18.2 Å². The second-order valence-corrected chi connectivity index (χ2v) is 2.94. The van der Waals surface area contributed by atoms with Gasteiger partial charge < -0.3 is 0 Å². The van der Waals surface area contributed by atoms with E-state index in [2.05, 4.69) is 0 Å². The maximum atomic E-state index is 10.0. The quantitative estimate of drug-likeness (QED) is 0.321. The van der Waals surface area contributed by atoms with Gasteiger partial charge in [-0.15, -0.1) is 0 Å². The Labute approximate surface area is 90.5 Å². The normalized spacial score (nSPS) is 8.75. The van der Waals surface area contributed by atoms with Gasteiger partial charge in [0.05, 0.1) is 4.92 Å². The Balaban J connectivity index is 0. The van der Waals surface area contributed by atoms with Gasteiger partial charge in [-0.25, -0.2) is 0 Å². The minimum Gasteiger partial charge on any atom is -0.264 e. The lowest BCUT2D eigenvalue weighted by atomic mass is 10.3. The third-order valence-corrected chi connectivity index (χ3v) is 0.967. The molecule has 0 bridgehead atoms. The molecule has 88 valence electrons. The van der Waals surface area contributed by atoms with E-state index in [0.717, 1.165) is 0 Å². The summed E-state index contributed by atoms with van der Waals surface area (Å²) in [6.07, 6.45) is 0. The topological polar surface area (TPSA) is 165 Å². The van der Waals surface area contributed by atoms with E-state index in [1.807, 2.05) is 0 Å². The number of nitrogens with zero attached hydrogens (tertiary/aromatic N) is 3. The Morgan fingerprint density at radius 1 is 1.12 bits per heavy atom. The van der Waals surface area contributed by atoms with E-state index >= 15 is 0 Å². The molecule has 2 N–H and O–H groups in total. The minimum absolute atomic E-state index is 0.137. The van der Waals surface area contributed by atoms with Gasteiger partial charge in [0.15, 0.2) is 0 Å². The number of rotatable bonds is 1. The average molecular weight is 249 g/mol. The van der Waals surface area contributed by atoms with Crippen LogP contribution in [0.5, 0.6) is 0 Å². The molecule has 0 atom stereocenters. The Kier molecular flexibility index (Phi) is 8.41. The Morgan fingerprint density at radius 3 is 1.62 bits per heavy atom. The first-order valence-electron chi connectivity index (χ1n) is 3.40. The van der Waals surface area contributed by atoms with Crippen LogP contribution in [0.25, 0.3) is 0 Å². The molecule has 0 fully saturated rings. The van der Waals surface area contributed by atoms with Gasteiger partial charge in [-0.2, -0.15) is 8.42 Å². The highest BCUT2D eigenvalue weighted by molar-refractivity contribution is 7.79. The molecule has 0 heterocycles. The van der Waals surface area contributed by atoms with Gasteiger partial charge >= 0.3 is 10.4 Å². The molecule has 0 aromatic heterocycles. The van der Waals surface area contributed by atoms with Crippen LogP contribution in [-0.2, 0) is 10.4 Å². The van der Waals surface area contributed by atoms with Gasteiger partial charge in [-0.1, -0.05) is 18.2 Å². The molecule has 0 saturated carbocycles. The fraction of sp³-hybridized carbons (Fsp3) is 0. The lowest BCUT2D eigenvalue weighted by molar-refractivity contribution is -0.384. The van der Waals surface area contributed by atoms with Gasteiger partial charge in [0.25, 0.3) is 5.69 Å². The van der Waals surface area contributed by atoms with E-state index in [9.17, 15) is 10.1 Å². The molecule has 1 aromatic rings. The van der Waals surface area contributed by atoms with Crippen molar-refractivity contribution < 1.29 is 22.4 Å². The van der Waals surface area contributed by atoms with Crippen LogP contribution in [0.3, 0.4) is 0 Å². The van der Waals surface area contributed by atoms with Crippen molar-refractivity contribution in [2.75, 3.05) is 0 Å². The molecule has 1 aromatic carbocycles. The van der Waals surface area contributed by atoms with Crippen molar-refractivity contribution in [3.05, 3.63) is 40.4 Å². The number of hydrogen-bond donors (Lipinski definition) is 2. The van der Waals surface area contributed by atoms with Crippen LogP contribution in [0.15, 0.2) is 30.3 Å². The predicted octanol–water partition coefficient (Wildman–Crippen LogP) is 0.972. The summed E-state index contributed by atoms with van der Waals surface area (Å²) in [5.74, 6) is 0. The summed E-state index contributed by atoms with van der Waals surface area (Å²) in [5.41, 5.74) is 0.137. The molecule has 0 radical (unpaired) electrons. The molecule has 0 saturated heterocycles. The summed E-state index contributed by atoms with van der Waals surface area (Å²) in [6, 6.07) is 7.93. The van der Waals surface area contributed by atoms with Crippen LogP contribution in [0.2, 0.25) is 0 Å². The second kappa shape index (κ2) is 8.24. The van der Waals surface area contributed by atoms with Gasteiger partial charge in [0.1, 0.15) is 0 Å². The highest BCUT2D eigenvalue weighted by atomic mass is 32.3. The van der Waals surface area contributed by atoms with Gasteiger partial charge in [0, 0.05) is 22.9 Å². The first-order valence-corrected chi connectivity index (χ1v) is 4.79. The summed E-state index contributed by atoms with van der Waals surface area (Å²) < 4.78 is 31.6. The molecule has 0 aliphatic rings. The first kappa shape index (κ1) is 16.3. The monoisotopic (exact) mass is 249 g/mol. The third kappa shape index (κ3) is 14.4. The number of benzene rings is 1. The summed E-state index contributed by atoms with van der Waals surface area (Å²) in [6.45, 7) is 0. The van der Waals surface area contributed by atoms with Gasteiger partial charge in [-0.05, 0) is 0 Å². The maximum Gasteiger partial charge on any atom is 0.394 e. The number of nitro benzene ring substituents is 1. The van der Waals surface area contributed by atoms with Gasteiger partial charge in [-0.3, -0.25) is 19.2 Å². The largest absolute Gasteiger partial charge is 0.394 e. The average Bonchev–Trinajstić information content (AvgIpc) is 2.20. The zero-order chi connectivity index (χ0) is 13.2. The lowest BCUT2D eigenvalue weighted by Gasteiger charge is -1.85. The molecular formula is C6H7N3O6S. The maximum absolute atomic E-state index is 10.0. The van der Waals surface area contributed by atoms with Crippen molar-refractivity contribution in [2.45, 2.75) is 0 Å². The number of non-ortho nitro benzene ring substituents is 1. The van der Waals surface area contributed by atoms with Crippen LogP contribution >= 0.6 is 0 Å². The molecule has 9 nitrogen and oxygen atoms in total. The summed E-state index contributed by atoms with van der Waals surface area (Å²) in [4.78, 5) is 9.59. The molecule has 16 heavy (non-hydrogen) atoms. The number of nitro groups is 1. The molecule has 0 unspecified atom stereocenters. The van der Waals surface area contributed by atoms with E-state index in [-0.39, 0.29) is 5.69 Å². The highest BCUT2D eigenvalue weighted by Gasteiger charge is 1.98. The first-order chi connectivity index (χ1) is 7.30. The van der Waals surface area contributed by atoms with E-state index < -0.39 is 15.3 Å². The number of para-hydroxylation sites is 1. The molecule has 0 aliphatic carbocycles. The van der Waals surface area contributed by atoms with Crippen molar-refractivity contribution in [1.29, 1.82) is 10.8 Å². The predicted molar refractivity (Wildman–Crippen MR) is 50.7 cm³/mol. The van der Waals surface area contributed by atoms with Crippen molar-refractivity contribution >= 4 is 16.1 Å². The van der Waals surface area contributed by atoms with Crippen molar-refractivity contribution in [2.24, 2.45) is 0 Å². The highest BCUT2D eigenvalue weighted by Crippen LogP contribution is 2.06. The Hall–Kier alpha value is -2.09. The van der Waals surface area contributed by atoms with E-state index in [4.69, 9.17) is 28.3 Å². The standard InChI is InChI=1S/C6H5NO2.N2.H2O4S/c8-7(9)6-4-2-1-3-5-6;1-2;1-5(2,3)4/h1-5H;;(H2,1,2,3,4). The molecule has 1 rings (SSSR count). The molecule has 0 spiro atoms. The summed E-state index contributed by atoms with van der Waals surface area (Å²) >= 11 is 0. The molecule has 10 heteroatoms. The molecular weight excluding hydrogens is 242 g/mol. The second-order valence-electron chi connectivity index (χ2n) is 2.04. The summed E-state index contributed by atoms with van der Waals surface area (Å²) in [5, 5.41) is 22.0. The molecule has 0 amide bonds. The third-order valence-electron chi connectivity index (χ3n) is 0.967. The van der Waals surface area contributed by atoms with Crippen LogP contribution in [-0.4, -0.2) is 22.4 Å². The zero-order valence-corrected chi connectivity index (χ0v) is 8.48. The zero-order valence-electron chi connectivity index (χ0n) is 7.66. The lowest BCUT2D eigenvalue weighted by Crippen LogP contribution is -1.89. The van der Waals surface area contributed by atoms with Crippen molar-refractivity contribution in [3.8, 4) is 0 Å². The van der Waals surface area contributed by atoms with Crippen molar-refractivity contribution in [1.82, 2.24) is 0 Å². The Morgan fingerprint density at radius 2 is 1.44 bits per heavy atom. The Bertz CT molecular complexity index is 420. The summed E-state index contributed by atoms with van der Waals surface area (Å²) in [7, 11) is -4.67. The van der Waals surface area contributed by atoms with Crippen LogP contribution in [0.1, 0.15) is 0 Å².